The van der Waals surface area contributed by atoms with Gasteiger partial charge in [-0.3, -0.25) is 0 Å². The van der Waals surface area contributed by atoms with Gasteiger partial charge in [-0.2, -0.15) is 0 Å². The van der Waals surface area contributed by atoms with Crippen LogP contribution < -0.4 is 16.6 Å². The first-order valence-electron chi connectivity index (χ1n) is 4.90. The van der Waals surface area contributed by atoms with Crippen molar-refractivity contribution in [2.45, 2.75) is 51.1 Å². The van der Waals surface area contributed by atoms with E-state index in [0.29, 0.717) is 12.1 Å². The summed E-state index contributed by atoms with van der Waals surface area (Å²) in [7, 11) is 0. The van der Waals surface area contributed by atoms with Gasteiger partial charge in [-0.1, -0.05) is 6.42 Å². The third-order valence-corrected chi connectivity index (χ3v) is 2.26. The fraction of sp³-hybridized carbons (Fsp3) is 0.889. The van der Waals surface area contributed by atoms with Gasteiger partial charge in [-0.25, -0.2) is 0 Å². The summed E-state index contributed by atoms with van der Waals surface area (Å²) in [6, 6.07) is 0.768. The molecule has 4 heteroatoms. The number of unbranched alkanes of at least 4 members (excludes halogenated alkanes) is 2. The van der Waals surface area contributed by atoms with Crippen LogP contribution in [0.25, 0.3) is 0 Å². The molecule has 0 rings (SSSR count). The van der Waals surface area contributed by atoms with E-state index < -0.39 is 5.97 Å². The van der Waals surface area contributed by atoms with Gasteiger partial charge < -0.3 is 21.4 Å². The van der Waals surface area contributed by atoms with Crippen molar-refractivity contribution < 1.29 is 21.4 Å². The lowest BCUT2D eigenvalue weighted by molar-refractivity contribution is -0.525. The molecule has 0 bridgehead atoms. The third-order valence-electron chi connectivity index (χ3n) is 2.26. The molecule has 0 aromatic carbocycles. The first-order chi connectivity index (χ1) is 6.04. The van der Waals surface area contributed by atoms with Gasteiger partial charge in [0.1, 0.15) is 12.1 Å². The third kappa shape index (κ3) is 7.74. The average Bonchev–Trinajstić information content (AvgIpc) is 2.02. The molecule has 0 aliphatic carbocycles. The van der Waals surface area contributed by atoms with E-state index in [1.165, 1.54) is 0 Å². The molecule has 0 heterocycles. The highest BCUT2D eigenvalue weighted by Gasteiger charge is 2.13. The Hall–Kier alpha value is -0.610. The first-order valence-corrected chi connectivity index (χ1v) is 4.90. The van der Waals surface area contributed by atoms with Crippen molar-refractivity contribution in [1.29, 1.82) is 0 Å². The summed E-state index contributed by atoms with van der Waals surface area (Å²) >= 11 is 0. The van der Waals surface area contributed by atoms with Crippen LogP contribution >= 0.6 is 0 Å². The normalized spacial score (nSPS) is 15.3. The van der Waals surface area contributed by atoms with Gasteiger partial charge in [-0.05, 0) is 26.2 Å². The van der Waals surface area contributed by atoms with Crippen LogP contribution in [0.3, 0.4) is 0 Å². The Kier molecular flexibility index (Phi) is 6.54. The van der Waals surface area contributed by atoms with E-state index in [4.69, 9.17) is 0 Å². The number of carbonyl (C=O) groups excluding carboxylic acids is 1. The first kappa shape index (κ1) is 12.4. The maximum atomic E-state index is 10.1. The second-order valence-electron chi connectivity index (χ2n) is 3.71. The summed E-state index contributed by atoms with van der Waals surface area (Å²) in [6.45, 7) is 2.05. The molecule has 0 radical (unpaired) electrons. The van der Waals surface area contributed by atoms with Crippen LogP contribution in [0, 0.1) is 0 Å². The average molecular weight is 189 g/mol. The summed E-state index contributed by atoms with van der Waals surface area (Å²) < 4.78 is 0. The molecular formula is C9H21N2O2+. The van der Waals surface area contributed by atoms with Crippen LogP contribution in [-0.4, -0.2) is 18.1 Å². The lowest BCUT2D eigenvalue weighted by Crippen LogP contribution is -2.78. The zero-order valence-electron chi connectivity index (χ0n) is 8.42. The zero-order chi connectivity index (χ0) is 10.3. The SMILES string of the molecule is CC([NH3+])C([NH3+])CCCCCC(=O)[O-]. The minimum Gasteiger partial charge on any atom is -0.550 e. The van der Waals surface area contributed by atoms with Crippen LogP contribution in [0.5, 0.6) is 0 Å². The highest BCUT2D eigenvalue weighted by Crippen LogP contribution is 2.04. The van der Waals surface area contributed by atoms with E-state index in [0.717, 1.165) is 25.7 Å². The van der Waals surface area contributed by atoms with Gasteiger partial charge >= 0.3 is 0 Å². The number of carboxylic acids is 1. The Morgan fingerprint density at radius 3 is 2.38 bits per heavy atom. The van der Waals surface area contributed by atoms with Crippen LogP contribution in [0.1, 0.15) is 39.0 Å². The molecular weight excluding hydrogens is 168 g/mol. The van der Waals surface area contributed by atoms with E-state index in [2.05, 4.69) is 18.4 Å². The molecule has 2 unspecified atom stereocenters. The van der Waals surface area contributed by atoms with Crippen molar-refractivity contribution in [1.82, 2.24) is 0 Å². The monoisotopic (exact) mass is 189 g/mol. The minimum absolute atomic E-state index is 0.182. The minimum atomic E-state index is -0.948. The second kappa shape index (κ2) is 6.86. The van der Waals surface area contributed by atoms with E-state index >= 15 is 0 Å². The Morgan fingerprint density at radius 2 is 1.92 bits per heavy atom. The fourth-order valence-electron chi connectivity index (χ4n) is 1.14. The lowest BCUT2D eigenvalue weighted by atomic mass is 10.0. The largest absolute Gasteiger partial charge is 0.550 e. The second-order valence-corrected chi connectivity index (χ2v) is 3.71. The smallest absolute Gasteiger partial charge is 0.136 e. The summed E-state index contributed by atoms with van der Waals surface area (Å²) in [6.07, 6.45) is 3.94. The van der Waals surface area contributed by atoms with Crippen LogP contribution in [0.2, 0.25) is 0 Å². The molecule has 6 N–H and O–H groups in total. The summed E-state index contributed by atoms with van der Waals surface area (Å²) in [4.78, 5) is 10.1. The molecule has 0 aliphatic rings. The number of hydrogen-bond acceptors (Lipinski definition) is 2. The number of hydrogen-bond donors (Lipinski definition) is 2. The molecule has 2 atom stereocenters. The molecule has 78 valence electrons. The predicted molar refractivity (Wildman–Crippen MR) is 47.1 cm³/mol. The standard InChI is InChI=1S/C9H20N2O2/c1-7(10)8(11)5-3-2-4-6-9(12)13/h7-8H,2-6,10-11H2,1H3,(H,12,13)/p+1. The number of carboxylic acid groups (broad SMARTS) is 1. The summed E-state index contributed by atoms with van der Waals surface area (Å²) in [5, 5.41) is 10.1. The lowest BCUT2D eigenvalue weighted by Gasteiger charge is -2.09. The van der Waals surface area contributed by atoms with Crippen LogP contribution in [0.4, 0.5) is 0 Å². The Balaban J connectivity index is 3.21. The maximum absolute atomic E-state index is 10.1. The van der Waals surface area contributed by atoms with Gasteiger partial charge in [-0.15, -0.1) is 0 Å². The molecule has 0 saturated carbocycles. The van der Waals surface area contributed by atoms with Gasteiger partial charge in [0.15, 0.2) is 0 Å². The Bertz CT molecular complexity index is 149. The molecule has 0 saturated heterocycles. The van der Waals surface area contributed by atoms with E-state index in [1.54, 1.807) is 0 Å². The van der Waals surface area contributed by atoms with E-state index in [1.807, 2.05) is 0 Å². The van der Waals surface area contributed by atoms with Gasteiger partial charge in [0.25, 0.3) is 0 Å². The van der Waals surface area contributed by atoms with Gasteiger partial charge in [0, 0.05) is 12.4 Å². The number of rotatable bonds is 7. The number of quaternary nitrogens is 2. The summed E-state index contributed by atoms with van der Waals surface area (Å²) in [5.74, 6) is -0.948. The van der Waals surface area contributed by atoms with Crippen molar-refractivity contribution in [3.05, 3.63) is 0 Å². The van der Waals surface area contributed by atoms with Crippen molar-refractivity contribution in [2.75, 3.05) is 0 Å². The maximum Gasteiger partial charge on any atom is 0.136 e. The van der Waals surface area contributed by atoms with Crippen molar-refractivity contribution in [2.24, 2.45) is 0 Å². The Morgan fingerprint density at radius 1 is 1.31 bits per heavy atom. The molecule has 0 spiro atoms. The Labute approximate surface area is 79.3 Å². The van der Waals surface area contributed by atoms with Crippen molar-refractivity contribution >= 4 is 5.97 Å². The van der Waals surface area contributed by atoms with Crippen LogP contribution in [0.15, 0.2) is 0 Å². The molecule has 4 nitrogen and oxygen atoms in total. The zero-order valence-corrected chi connectivity index (χ0v) is 8.42. The van der Waals surface area contributed by atoms with E-state index in [9.17, 15) is 9.90 Å². The number of carbonyl (C=O) groups is 1. The molecule has 0 aromatic heterocycles. The molecule has 0 aliphatic heterocycles. The predicted octanol–water partition coefficient (Wildman–Crippen LogP) is -2.07. The summed E-state index contributed by atoms with van der Waals surface area (Å²) in [5.41, 5.74) is 7.88. The fourth-order valence-corrected chi connectivity index (χ4v) is 1.14. The van der Waals surface area contributed by atoms with Crippen molar-refractivity contribution in [3.63, 3.8) is 0 Å². The van der Waals surface area contributed by atoms with E-state index in [-0.39, 0.29) is 6.42 Å². The molecule has 0 fully saturated rings. The van der Waals surface area contributed by atoms with Crippen molar-refractivity contribution in [3.8, 4) is 0 Å². The molecule has 0 amide bonds. The number of aliphatic carboxylic acids is 1. The van der Waals surface area contributed by atoms with Crippen LogP contribution in [-0.2, 0) is 4.79 Å². The quantitative estimate of drug-likeness (QED) is 0.450. The highest BCUT2D eigenvalue weighted by atomic mass is 16.4. The molecule has 0 aromatic rings. The van der Waals surface area contributed by atoms with Gasteiger partial charge in [0.05, 0.1) is 0 Å². The highest BCUT2D eigenvalue weighted by molar-refractivity contribution is 5.63. The molecule has 13 heavy (non-hydrogen) atoms. The topological polar surface area (TPSA) is 95.4 Å². The van der Waals surface area contributed by atoms with Gasteiger partial charge in [0.2, 0.25) is 0 Å².